The molecule has 0 bridgehead atoms. The molecule has 19 heavy (non-hydrogen) atoms. The molecule has 0 unspecified atom stereocenters. The Morgan fingerprint density at radius 3 is 2.74 bits per heavy atom. The minimum absolute atomic E-state index is 0.00362. The number of para-hydroxylation sites is 1. The van der Waals surface area contributed by atoms with Crippen molar-refractivity contribution in [2.24, 2.45) is 0 Å². The molecule has 100 valence electrons. The van der Waals surface area contributed by atoms with E-state index in [4.69, 9.17) is 10.5 Å². The van der Waals surface area contributed by atoms with Crippen molar-refractivity contribution in [3.63, 3.8) is 0 Å². The molecule has 0 aliphatic rings. The summed E-state index contributed by atoms with van der Waals surface area (Å²) in [5.74, 6) is 0.843. The van der Waals surface area contributed by atoms with E-state index in [1.807, 2.05) is 30.3 Å². The van der Waals surface area contributed by atoms with E-state index in [9.17, 15) is 4.79 Å². The van der Waals surface area contributed by atoms with Crippen LogP contribution in [0.1, 0.15) is 16.6 Å². The van der Waals surface area contributed by atoms with Gasteiger partial charge in [-0.05, 0) is 18.2 Å². The molecule has 0 atom stereocenters. The molecule has 0 aliphatic heterocycles. The Labute approximate surface area is 116 Å². The number of rotatable bonds is 6. The number of nitrogens with two attached hydrogens (primary N) is 1. The predicted octanol–water partition coefficient (Wildman–Crippen LogP) is 3.02. The van der Waals surface area contributed by atoms with Crippen LogP contribution in [0, 0.1) is 0 Å². The van der Waals surface area contributed by atoms with Crippen molar-refractivity contribution in [2.75, 3.05) is 24.2 Å². The van der Waals surface area contributed by atoms with Gasteiger partial charge in [0.2, 0.25) is 0 Å². The van der Waals surface area contributed by atoms with Crippen LogP contribution in [-0.2, 0) is 0 Å². The van der Waals surface area contributed by atoms with E-state index in [1.54, 1.807) is 6.07 Å². The lowest BCUT2D eigenvalue weighted by molar-refractivity contribution is 0.102. The summed E-state index contributed by atoms with van der Waals surface area (Å²) in [7, 11) is 0. The summed E-state index contributed by atoms with van der Waals surface area (Å²) in [4.78, 5) is 11.9. The molecule has 2 aromatic rings. The molecule has 0 spiro atoms. The highest BCUT2D eigenvalue weighted by molar-refractivity contribution is 7.18. The lowest BCUT2D eigenvalue weighted by atomic mass is 10.3. The molecule has 4 nitrogen and oxygen atoms in total. The summed E-state index contributed by atoms with van der Waals surface area (Å²) < 4.78 is 5.56. The molecule has 0 fully saturated rings. The van der Waals surface area contributed by atoms with Crippen LogP contribution in [0.3, 0.4) is 0 Å². The fourth-order valence-electron chi connectivity index (χ4n) is 1.63. The smallest absolute Gasteiger partial charge is 0.171 e. The van der Waals surface area contributed by atoms with Crippen molar-refractivity contribution in [3.8, 4) is 5.75 Å². The van der Waals surface area contributed by atoms with Gasteiger partial charge in [-0.25, -0.2) is 0 Å². The Bertz CT molecular complexity index is 552. The lowest BCUT2D eigenvalue weighted by Crippen LogP contribution is -2.10. The van der Waals surface area contributed by atoms with Crippen LogP contribution in [0.5, 0.6) is 5.75 Å². The van der Waals surface area contributed by atoms with Gasteiger partial charge in [-0.2, -0.15) is 0 Å². The van der Waals surface area contributed by atoms with Crippen LogP contribution in [0.4, 0.5) is 10.7 Å². The number of nitrogens with one attached hydrogen (secondary N) is 1. The van der Waals surface area contributed by atoms with Crippen molar-refractivity contribution in [2.45, 2.75) is 6.92 Å². The maximum Gasteiger partial charge on any atom is 0.171 e. The molecule has 0 saturated carbocycles. The Hall–Kier alpha value is -2.01. The molecule has 1 heterocycles. The van der Waals surface area contributed by atoms with Crippen molar-refractivity contribution in [1.29, 1.82) is 0 Å². The largest absolute Gasteiger partial charge is 0.492 e. The second-order valence-electron chi connectivity index (χ2n) is 4.04. The van der Waals surface area contributed by atoms with Gasteiger partial charge >= 0.3 is 0 Å². The monoisotopic (exact) mass is 276 g/mol. The Kier molecular flexibility index (Phi) is 4.41. The van der Waals surface area contributed by atoms with E-state index >= 15 is 0 Å². The minimum atomic E-state index is -0.00362. The normalized spacial score (nSPS) is 10.2. The lowest BCUT2D eigenvalue weighted by Gasteiger charge is -2.06. The van der Waals surface area contributed by atoms with E-state index in [0.717, 1.165) is 10.8 Å². The summed E-state index contributed by atoms with van der Waals surface area (Å²) in [6.45, 7) is 2.73. The maximum atomic E-state index is 11.3. The molecule has 5 heteroatoms. The number of ether oxygens (including phenoxy) is 1. The molecule has 0 saturated heterocycles. The van der Waals surface area contributed by atoms with Gasteiger partial charge in [-0.15, -0.1) is 11.3 Å². The van der Waals surface area contributed by atoms with E-state index in [0.29, 0.717) is 23.7 Å². The van der Waals surface area contributed by atoms with Gasteiger partial charge in [0.15, 0.2) is 5.78 Å². The average Bonchev–Trinajstić information content (AvgIpc) is 2.77. The topological polar surface area (TPSA) is 64.3 Å². The van der Waals surface area contributed by atoms with Gasteiger partial charge in [0.1, 0.15) is 12.4 Å². The van der Waals surface area contributed by atoms with Crippen LogP contribution < -0.4 is 15.8 Å². The van der Waals surface area contributed by atoms with Crippen molar-refractivity contribution >= 4 is 27.8 Å². The van der Waals surface area contributed by atoms with Crippen LogP contribution in [-0.4, -0.2) is 18.9 Å². The van der Waals surface area contributed by atoms with Gasteiger partial charge in [0.05, 0.1) is 15.6 Å². The maximum absolute atomic E-state index is 11.3. The van der Waals surface area contributed by atoms with Gasteiger partial charge in [-0.1, -0.05) is 18.2 Å². The van der Waals surface area contributed by atoms with Crippen LogP contribution >= 0.6 is 11.3 Å². The number of nitrogen functional groups attached to an aromatic ring is 1. The number of carbonyl (C=O) groups excluding carboxylic acids is 1. The fourth-order valence-corrected chi connectivity index (χ4v) is 2.53. The number of hydrogen-bond donors (Lipinski definition) is 2. The molecule has 1 aromatic carbocycles. The Balaban J connectivity index is 1.80. The first-order chi connectivity index (χ1) is 9.16. The Morgan fingerprint density at radius 2 is 2.11 bits per heavy atom. The summed E-state index contributed by atoms with van der Waals surface area (Å²) in [6, 6.07) is 11.4. The first-order valence-electron chi connectivity index (χ1n) is 5.99. The van der Waals surface area contributed by atoms with E-state index in [1.165, 1.54) is 18.3 Å². The zero-order chi connectivity index (χ0) is 13.7. The standard InChI is InChI=1S/C14H16N2O2S/c1-10(17)14-12(15)9-13(19-14)16-7-8-18-11-5-3-2-4-6-11/h2-6,9,16H,7-8,15H2,1H3. The second-order valence-corrected chi connectivity index (χ2v) is 5.09. The van der Waals surface area contributed by atoms with Gasteiger partial charge in [-0.3, -0.25) is 4.79 Å². The van der Waals surface area contributed by atoms with Crippen LogP contribution in [0.2, 0.25) is 0 Å². The number of Topliss-reactive ketones (excluding diaryl/α,β-unsaturated/α-hetero) is 1. The third-order valence-electron chi connectivity index (χ3n) is 2.49. The van der Waals surface area contributed by atoms with Crippen LogP contribution in [0.25, 0.3) is 0 Å². The zero-order valence-electron chi connectivity index (χ0n) is 10.7. The van der Waals surface area contributed by atoms with E-state index < -0.39 is 0 Å². The quantitative estimate of drug-likeness (QED) is 0.629. The van der Waals surface area contributed by atoms with Gasteiger partial charge in [0.25, 0.3) is 0 Å². The highest BCUT2D eigenvalue weighted by atomic mass is 32.1. The molecule has 0 aliphatic carbocycles. The summed E-state index contributed by atoms with van der Waals surface area (Å²) in [5, 5.41) is 4.08. The number of ketones is 1. The minimum Gasteiger partial charge on any atom is -0.492 e. The number of benzene rings is 1. The molecular formula is C14H16N2O2S. The number of thiophene rings is 1. The summed E-state index contributed by atoms with van der Waals surface area (Å²) in [5.41, 5.74) is 6.29. The molecule has 0 radical (unpaired) electrons. The van der Waals surface area contributed by atoms with Crippen molar-refractivity contribution < 1.29 is 9.53 Å². The number of anilines is 2. The predicted molar refractivity (Wildman–Crippen MR) is 79.2 cm³/mol. The highest BCUT2D eigenvalue weighted by Crippen LogP contribution is 2.29. The Morgan fingerprint density at radius 1 is 1.37 bits per heavy atom. The van der Waals surface area contributed by atoms with E-state index in [-0.39, 0.29) is 5.78 Å². The number of carbonyl (C=O) groups is 1. The van der Waals surface area contributed by atoms with Gasteiger partial charge < -0.3 is 15.8 Å². The first kappa shape index (κ1) is 13.4. The molecule has 0 amide bonds. The first-order valence-corrected chi connectivity index (χ1v) is 6.80. The van der Waals surface area contributed by atoms with Crippen LogP contribution in [0.15, 0.2) is 36.4 Å². The summed E-state index contributed by atoms with van der Waals surface area (Å²) in [6.07, 6.45) is 0. The average molecular weight is 276 g/mol. The zero-order valence-corrected chi connectivity index (χ0v) is 11.5. The van der Waals surface area contributed by atoms with Crippen molar-refractivity contribution in [3.05, 3.63) is 41.3 Å². The SMILES string of the molecule is CC(=O)c1sc(NCCOc2ccccc2)cc1N. The van der Waals surface area contributed by atoms with Gasteiger partial charge in [0, 0.05) is 13.5 Å². The molecule has 2 rings (SSSR count). The fraction of sp³-hybridized carbons (Fsp3) is 0.214. The number of hydrogen-bond acceptors (Lipinski definition) is 5. The molecule has 1 aromatic heterocycles. The van der Waals surface area contributed by atoms with Crippen molar-refractivity contribution in [1.82, 2.24) is 0 Å². The summed E-state index contributed by atoms with van der Waals surface area (Å²) >= 11 is 1.37. The molecule has 3 N–H and O–H groups in total. The third kappa shape index (κ3) is 3.72. The third-order valence-corrected chi connectivity index (χ3v) is 3.70. The molecular weight excluding hydrogens is 260 g/mol. The second kappa shape index (κ2) is 6.24. The van der Waals surface area contributed by atoms with E-state index in [2.05, 4.69) is 5.32 Å². The highest BCUT2D eigenvalue weighted by Gasteiger charge is 2.09.